The van der Waals surface area contributed by atoms with Crippen molar-refractivity contribution in [1.29, 1.82) is 5.26 Å². The van der Waals surface area contributed by atoms with Crippen LogP contribution >= 0.6 is 11.6 Å². The first kappa shape index (κ1) is 14.2. The van der Waals surface area contributed by atoms with Crippen LogP contribution in [-0.4, -0.2) is 46.8 Å². The van der Waals surface area contributed by atoms with Gasteiger partial charge in [0.25, 0.3) is 0 Å². The summed E-state index contributed by atoms with van der Waals surface area (Å²) in [5.41, 5.74) is 0.565. The number of likely N-dealkylation sites (tertiary alicyclic amines) is 1. The molecule has 3 heterocycles. The van der Waals surface area contributed by atoms with Crippen molar-refractivity contribution in [2.45, 2.75) is 25.4 Å². The summed E-state index contributed by atoms with van der Waals surface area (Å²) in [4.78, 5) is 20.4. The van der Waals surface area contributed by atoms with Gasteiger partial charge in [0.05, 0.1) is 11.6 Å². The van der Waals surface area contributed by atoms with Gasteiger partial charge in [0, 0.05) is 25.3 Å². The Morgan fingerprint density at radius 2 is 2.33 bits per heavy atom. The first-order valence-electron chi connectivity index (χ1n) is 7.12. The number of pyridine rings is 1. The van der Waals surface area contributed by atoms with Gasteiger partial charge in [-0.05, 0) is 24.5 Å². The minimum Gasteiger partial charge on any atom is -0.347 e. The molecule has 2 aliphatic heterocycles. The maximum atomic E-state index is 11.8. The van der Waals surface area contributed by atoms with Crippen LogP contribution in [0.15, 0.2) is 18.3 Å². The van der Waals surface area contributed by atoms with Crippen LogP contribution in [0.5, 0.6) is 0 Å². The quantitative estimate of drug-likeness (QED) is 0.779. The molecule has 0 saturated carbocycles. The number of alkyl halides is 1. The monoisotopic (exact) mass is 304 g/mol. The van der Waals surface area contributed by atoms with Crippen LogP contribution in [-0.2, 0) is 4.79 Å². The highest BCUT2D eigenvalue weighted by molar-refractivity contribution is 6.27. The van der Waals surface area contributed by atoms with E-state index in [2.05, 4.69) is 22.9 Å². The van der Waals surface area contributed by atoms with Gasteiger partial charge in [-0.2, -0.15) is 5.26 Å². The molecule has 1 aromatic heterocycles. The highest BCUT2D eigenvalue weighted by Gasteiger charge is 2.45. The first-order valence-corrected chi connectivity index (χ1v) is 7.65. The molecule has 0 radical (unpaired) electrons. The van der Waals surface area contributed by atoms with Gasteiger partial charge >= 0.3 is 0 Å². The molecule has 2 unspecified atom stereocenters. The van der Waals surface area contributed by atoms with Gasteiger partial charge in [0.15, 0.2) is 0 Å². The number of hydrogen-bond acceptors (Lipinski definition) is 4. The standard InChI is InChI=1S/C15H17ClN4O/c1-10-4-12-8-19(15(21)5-16)9-13(10)20(12)14-3-2-11(6-17)7-18-14/h2-3,7,10,12-13H,4-5,8-9H2,1H3/t10-,12?,13?/m1/s1. The Labute approximate surface area is 129 Å². The van der Waals surface area contributed by atoms with E-state index in [0.29, 0.717) is 24.6 Å². The molecular weight excluding hydrogens is 288 g/mol. The molecule has 21 heavy (non-hydrogen) atoms. The number of aromatic nitrogens is 1. The number of anilines is 1. The smallest absolute Gasteiger partial charge is 0.237 e. The Hall–Kier alpha value is -1.80. The average molecular weight is 305 g/mol. The molecule has 3 rings (SSSR count). The predicted octanol–water partition coefficient (Wildman–Crippen LogP) is 1.62. The third-order valence-corrected chi connectivity index (χ3v) is 4.73. The van der Waals surface area contributed by atoms with E-state index in [0.717, 1.165) is 12.2 Å². The van der Waals surface area contributed by atoms with Crippen molar-refractivity contribution in [3.05, 3.63) is 23.9 Å². The van der Waals surface area contributed by atoms with Crippen molar-refractivity contribution < 1.29 is 4.79 Å². The van der Waals surface area contributed by atoms with E-state index in [4.69, 9.17) is 16.9 Å². The highest BCUT2D eigenvalue weighted by atomic mass is 35.5. The Morgan fingerprint density at radius 1 is 1.52 bits per heavy atom. The Morgan fingerprint density at radius 3 is 2.90 bits per heavy atom. The van der Waals surface area contributed by atoms with Crippen LogP contribution < -0.4 is 4.90 Å². The summed E-state index contributed by atoms with van der Waals surface area (Å²) in [6, 6.07) is 6.34. The van der Waals surface area contributed by atoms with E-state index in [9.17, 15) is 4.79 Å². The largest absolute Gasteiger partial charge is 0.347 e. The maximum absolute atomic E-state index is 11.8. The molecule has 0 N–H and O–H groups in total. The van der Waals surface area contributed by atoms with E-state index in [1.54, 1.807) is 12.3 Å². The number of carbonyl (C=O) groups excluding carboxylic acids is 1. The third kappa shape index (κ3) is 2.44. The molecule has 110 valence electrons. The fraction of sp³-hybridized carbons (Fsp3) is 0.533. The molecule has 6 heteroatoms. The summed E-state index contributed by atoms with van der Waals surface area (Å²) < 4.78 is 0. The lowest BCUT2D eigenvalue weighted by Crippen LogP contribution is -2.56. The van der Waals surface area contributed by atoms with Gasteiger partial charge in [0.2, 0.25) is 5.91 Å². The van der Waals surface area contributed by atoms with E-state index >= 15 is 0 Å². The van der Waals surface area contributed by atoms with Crippen molar-refractivity contribution in [3.8, 4) is 6.07 Å². The second-order valence-corrected chi connectivity index (χ2v) is 6.06. The molecule has 1 amide bonds. The molecule has 0 aliphatic carbocycles. The Kier molecular flexibility index (Phi) is 3.73. The topological polar surface area (TPSA) is 60.2 Å². The molecule has 2 fully saturated rings. The summed E-state index contributed by atoms with van der Waals surface area (Å²) in [7, 11) is 0. The van der Waals surface area contributed by atoms with Gasteiger partial charge in [-0.25, -0.2) is 4.98 Å². The van der Waals surface area contributed by atoms with E-state index < -0.39 is 0 Å². The number of piperazine rings is 1. The first-order chi connectivity index (χ1) is 10.1. The summed E-state index contributed by atoms with van der Waals surface area (Å²) in [6.45, 7) is 3.62. The zero-order valence-corrected chi connectivity index (χ0v) is 12.6. The van der Waals surface area contributed by atoms with Gasteiger partial charge in [-0.3, -0.25) is 4.79 Å². The van der Waals surface area contributed by atoms with Crippen molar-refractivity contribution in [2.24, 2.45) is 5.92 Å². The second-order valence-electron chi connectivity index (χ2n) is 5.79. The Bertz CT molecular complexity index is 582. The molecule has 0 spiro atoms. The van der Waals surface area contributed by atoms with Gasteiger partial charge in [-0.15, -0.1) is 11.6 Å². The minimum absolute atomic E-state index is 0.00760. The van der Waals surface area contributed by atoms with Gasteiger partial charge in [0.1, 0.15) is 17.8 Å². The van der Waals surface area contributed by atoms with Crippen LogP contribution in [0.2, 0.25) is 0 Å². The number of amides is 1. The van der Waals surface area contributed by atoms with Crippen molar-refractivity contribution in [2.75, 3.05) is 23.9 Å². The normalized spacial score (nSPS) is 27.6. The maximum Gasteiger partial charge on any atom is 0.237 e. The number of hydrogen-bond donors (Lipinski definition) is 0. The van der Waals surface area contributed by atoms with Crippen LogP contribution in [0.4, 0.5) is 5.82 Å². The third-order valence-electron chi connectivity index (χ3n) is 4.50. The number of carbonyl (C=O) groups is 1. The molecule has 5 nitrogen and oxygen atoms in total. The van der Waals surface area contributed by atoms with Crippen LogP contribution in [0.3, 0.4) is 0 Å². The summed E-state index contributed by atoms with van der Waals surface area (Å²) >= 11 is 5.68. The zero-order chi connectivity index (χ0) is 15.0. The van der Waals surface area contributed by atoms with Crippen molar-refractivity contribution in [3.63, 3.8) is 0 Å². The molecule has 1 aromatic rings. The molecule has 2 aliphatic rings. The summed E-state index contributed by atoms with van der Waals surface area (Å²) in [5, 5.41) is 8.86. The van der Waals surface area contributed by atoms with Crippen molar-refractivity contribution in [1.82, 2.24) is 9.88 Å². The predicted molar refractivity (Wildman–Crippen MR) is 80.1 cm³/mol. The van der Waals surface area contributed by atoms with Crippen LogP contribution in [0.25, 0.3) is 0 Å². The lowest BCUT2D eigenvalue weighted by molar-refractivity contribution is -0.129. The molecule has 2 saturated heterocycles. The lowest BCUT2D eigenvalue weighted by Gasteiger charge is -2.42. The number of rotatable bonds is 2. The summed E-state index contributed by atoms with van der Waals surface area (Å²) in [6.07, 6.45) is 2.66. The van der Waals surface area contributed by atoms with E-state index in [1.165, 1.54) is 0 Å². The fourth-order valence-electron chi connectivity index (χ4n) is 3.48. The molecular formula is C15H17ClN4O. The lowest BCUT2D eigenvalue weighted by atomic mass is 10.0. The molecule has 3 atom stereocenters. The van der Waals surface area contributed by atoms with Crippen LogP contribution in [0.1, 0.15) is 18.9 Å². The fourth-order valence-corrected chi connectivity index (χ4v) is 3.65. The molecule has 2 bridgehead atoms. The average Bonchev–Trinajstić information content (AvgIpc) is 2.72. The number of fused-ring (bicyclic) bond motifs is 2. The highest BCUT2D eigenvalue weighted by Crippen LogP contribution is 2.37. The Balaban J connectivity index is 1.84. The summed E-state index contributed by atoms with van der Waals surface area (Å²) in [5.74, 6) is 1.46. The van der Waals surface area contributed by atoms with Gasteiger partial charge in [-0.1, -0.05) is 6.92 Å². The minimum atomic E-state index is 0.00760. The number of halogens is 1. The van der Waals surface area contributed by atoms with E-state index in [1.807, 2.05) is 11.0 Å². The van der Waals surface area contributed by atoms with Crippen molar-refractivity contribution >= 4 is 23.3 Å². The van der Waals surface area contributed by atoms with Crippen LogP contribution in [0, 0.1) is 17.2 Å². The number of nitrogens with zero attached hydrogens (tertiary/aromatic N) is 4. The number of nitriles is 1. The second kappa shape index (κ2) is 5.53. The van der Waals surface area contributed by atoms with E-state index in [-0.39, 0.29) is 23.9 Å². The molecule has 0 aromatic carbocycles. The van der Waals surface area contributed by atoms with Gasteiger partial charge < -0.3 is 9.80 Å². The zero-order valence-electron chi connectivity index (χ0n) is 11.9. The SMILES string of the molecule is C[C@@H]1CC2CN(C(=O)CCl)CC1N2c1ccc(C#N)cn1.